The van der Waals surface area contributed by atoms with Gasteiger partial charge < -0.3 is 20.7 Å². The van der Waals surface area contributed by atoms with Crippen molar-refractivity contribution in [1.29, 1.82) is 0 Å². The Morgan fingerprint density at radius 1 is 1.21 bits per heavy atom. The second-order valence-electron chi connectivity index (χ2n) is 7.03. The predicted molar refractivity (Wildman–Crippen MR) is 92.2 cm³/mol. The van der Waals surface area contributed by atoms with Crippen molar-refractivity contribution in [3.05, 3.63) is 35.4 Å². The normalized spacial score (nSPS) is 16.4. The number of carbonyl (C=O) groups is 2. The van der Waals surface area contributed by atoms with Crippen LogP contribution in [-0.4, -0.2) is 40.5 Å². The Bertz CT molecular complexity index is 597. The molecular formula is C17H25BN2O4. The number of nitrogens with one attached hydrogen (secondary N) is 2. The predicted octanol–water partition coefficient (Wildman–Crippen LogP) is 0.800. The topological polar surface area (TPSA) is 98.7 Å². The molecule has 2 amide bonds. The highest BCUT2D eigenvalue weighted by atomic mass is 16.4. The first-order valence-electron chi connectivity index (χ1n) is 8.30. The van der Waals surface area contributed by atoms with Crippen molar-refractivity contribution in [1.82, 2.24) is 10.6 Å². The van der Waals surface area contributed by atoms with E-state index < -0.39 is 18.6 Å². The number of hydrogen-bond donors (Lipinski definition) is 4. The zero-order valence-electron chi connectivity index (χ0n) is 14.4. The highest BCUT2D eigenvalue weighted by Crippen LogP contribution is 2.36. The number of carbonyl (C=O) groups excluding carboxylic acids is 2. The van der Waals surface area contributed by atoms with Gasteiger partial charge in [-0.25, -0.2) is 0 Å². The van der Waals surface area contributed by atoms with Gasteiger partial charge in [-0.15, -0.1) is 0 Å². The Balaban J connectivity index is 2.00. The summed E-state index contributed by atoms with van der Waals surface area (Å²) in [4.78, 5) is 24.8. The summed E-state index contributed by atoms with van der Waals surface area (Å²) in [6.45, 7) is 5.81. The number of rotatable bonds is 7. The van der Waals surface area contributed by atoms with Crippen LogP contribution in [0.25, 0.3) is 0 Å². The van der Waals surface area contributed by atoms with E-state index in [-0.39, 0.29) is 17.7 Å². The molecule has 7 heteroatoms. The van der Waals surface area contributed by atoms with Gasteiger partial charge in [0.2, 0.25) is 5.91 Å². The Morgan fingerprint density at radius 2 is 1.79 bits per heavy atom. The minimum atomic E-state index is -1.63. The van der Waals surface area contributed by atoms with Crippen molar-refractivity contribution < 1.29 is 19.6 Å². The zero-order chi connectivity index (χ0) is 17.9. The molecule has 0 aromatic heterocycles. The molecule has 1 aliphatic rings. The highest BCUT2D eigenvalue weighted by molar-refractivity contribution is 6.43. The van der Waals surface area contributed by atoms with Crippen LogP contribution in [-0.2, 0) is 4.79 Å². The molecule has 0 radical (unpaired) electrons. The Kier molecular flexibility index (Phi) is 5.67. The minimum absolute atomic E-state index is 0.203. The fourth-order valence-corrected chi connectivity index (χ4v) is 2.60. The number of hydrogen-bond acceptors (Lipinski definition) is 4. The van der Waals surface area contributed by atoms with Gasteiger partial charge in [-0.3, -0.25) is 9.59 Å². The van der Waals surface area contributed by atoms with Gasteiger partial charge in [-0.2, -0.15) is 0 Å². The monoisotopic (exact) mass is 332 g/mol. The third-order valence-electron chi connectivity index (χ3n) is 4.25. The minimum Gasteiger partial charge on any atom is -0.426 e. The number of amides is 2. The zero-order valence-corrected chi connectivity index (χ0v) is 14.4. The molecule has 4 N–H and O–H groups in total. The Labute approximate surface area is 142 Å². The highest BCUT2D eigenvalue weighted by Gasteiger charge is 2.52. The van der Waals surface area contributed by atoms with Crippen molar-refractivity contribution in [3.8, 4) is 0 Å². The summed E-state index contributed by atoms with van der Waals surface area (Å²) in [5.41, 5.74) is 0.617. The molecule has 1 atom stereocenters. The third kappa shape index (κ3) is 4.58. The second-order valence-corrected chi connectivity index (χ2v) is 7.03. The molecule has 1 fully saturated rings. The van der Waals surface area contributed by atoms with E-state index in [1.54, 1.807) is 12.1 Å². The average molecular weight is 332 g/mol. The molecule has 0 bridgehead atoms. The summed E-state index contributed by atoms with van der Waals surface area (Å²) in [7, 11) is -1.63. The van der Waals surface area contributed by atoms with Crippen LogP contribution in [0.3, 0.4) is 0 Å². The van der Waals surface area contributed by atoms with Crippen molar-refractivity contribution in [2.75, 3.05) is 0 Å². The van der Waals surface area contributed by atoms with E-state index in [9.17, 15) is 19.6 Å². The maximum Gasteiger partial charge on any atom is 0.475 e. The fraction of sp³-hybridized carbons (Fsp3) is 0.529. The molecule has 0 aliphatic heterocycles. The summed E-state index contributed by atoms with van der Waals surface area (Å²) in [5.74, 6) is -1.20. The van der Waals surface area contributed by atoms with Crippen LogP contribution in [0.4, 0.5) is 0 Å². The van der Waals surface area contributed by atoms with E-state index in [1.807, 2.05) is 32.9 Å². The van der Waals surface area contributed by atoms with E-state index in [0.29, 0.717) is 24.8 Å². The maximum absolute atomic E-state index is 12.5. The van der Waals surface area contributed by atoms with Crippen molar-refractivity contribution in [2.45, 2.75) is 51.5 Å². The molecule has 1 aliphatic carbocycles. The molecule has 1 aromatic rings. The van der Waals surface area contributed by atoms with Crippen LogP contribution >= 0.6 is 0 Å². The first kappa shape index (κ1) is 18.5. The van der Waals surface area contributed by atoms with Crippen LogP contribution in [0.1, 0.15) is 49.0 Å². The van der Waals surface area contributed by atoms with Gasteiger partial charge in [0.05, 0.1) is 5.94 Å². The summed E-state index contributed by atoms with van der Waals surface area (Å²) >= 11 is 0. The van der Waals surface area contributed by atoms with Crippen LogP contribution in [0.2, 0.25) is 0 Å². The standard InChI is InChI=1S/C17H25BN2O4/c1-11(2)10-14(18(23)24)19-16(22)17(8-9-17)20-15(21)13-6-4-12(3)5-7-13/h4-7,11,14,23-24H,8-10H2,1-3H3,(H,19,22)(H,20,21). The Morgan fingerprint density at radius 3 is 2.25 bits per heavy atom. The molecule has 24 heavy (non-hydrogen) atoms. The van der Waals surface area contributed by atoms with Gasteiger partial charge >= 0.3 is 7.12 Å². The van der Waals surface area contributed by atoms with Gasteiger partial charge in [0.1, 0.15) is 5.54 Å². The van der Waals surface area contributed by atoms with E-state index >= 15 is 0 Å². The van der Waals surface area contributed by atoms with Crippen LogP contribution in [0, 0.1) is 12.8 Å². The van der Waals surface area contributed by atoms with E-state index in [0.717, 1.165) is 5.56 Å². The molecule has 6 nitrogen and oxygen atoms in total. The van der Waals surface area contributed by atoms with Crippen molar-refractivity contribution >= 4 is 18.9 Å². The SMILES string of the molecule is Cc1ccc(C(=O)NC2(C(=O)NC(CC(C)C)B(O)O)CC2)cc1. The molecular weight excluding hydrogens is 307 g/mol. The summed E-state index contributed by atoms with van der Waals surface area (Å²) in [6.07, 6.45) is 1.55. The first-order chi connectivity index (χ1) is 11.2. The largest absolute Gasteiger partial charge is 0.475 e. The molecule has 1 unspecified atom stereocenters. The lowest BCUT2D eigenvalue weighted by Crippen LogP contribution is -2.55. The summed E-state index contributed by atoms with van der Waals surface area (Å²) < 4.78 is 0. The second kappa shape index (κ2) is 7.36. The molecule has 0 heterocycles. The lowest BCUT2D eigenvalue weighted by molar-refractivity contribution is -0.124. The lowest BCUT2D eigenvalue weighted by Gasteiger charge is -2.24. The van der Waals surface area contributed by atoms with Crippen LogP contribution in [0.15, 0.2) is 24.3 Å². The van der Waals surface area contributed by atoms with E-state index in [4.69, 9.17) is 0 Å². The Hall–Kier alpha value is -1.86. The molecule has 2 rings (SSSR count). The number of benzene rings is 1. The van der Waals surface area contributed by atoms with Crippen molar-refractivity contribution in [2.24, 2.45) is 5.92 Å². The maximum atomic E-state index is 12.5. The summed E-state index contributed by atoms with van der Waals surface area (Å²) in [6, 6.07) is 7.13. The number of aryl methyl sites for hydroxylation is 1. The van der Waals surface area contributed by atoms with Crippen LogP contribution < -0.4 is 10.6 Å². The molecule has 0 spiro atoms. The average Bonchev–Trinajstić information content (AvgIpc) is 3.27. The van der Waals surface area contributed by atoms with E-state index in [2.05, 4.69) is 10.6 Å². The van der Waals surface area contributed by atoms with Gasteiger partial charge in [0.25, 0.3) is 5.91 Å². The van der Waals surface area contributed by atoms with Crippen LogP contribution in [0.5, 0.6) is 0 Å². The third-order valence-corrected chi connectivity index (χ3v) is 4.25. The van der Waals surface area contributed by atoms with E-state index in [1.165, 1.54) is 0 Å². The van der Waals surface area contributed by atoms with Gasteiger partial charge in [0.15, 0.2) is 0 Å². The van der Waals surface area contributed by atoms with Gasteiger partial charge in [0, 0.05) is 5.56 Å². The molecule has 1 aromatic carbocycles. The molecule has 1 saturated carbocycles. The van der Waals surface area contributed by atoms with Gasteiger partial charge in [-0.1, -0.05) is 31.5 Å². The molecule has 0 saturated heterocycles. The van der Waals surface area contributed by atoms with Crippen molar-refractivity contribution in [3.63, 3.8) is 0 Å². The van der Waals surface area contributed by atoms with Gasteiger partial charge in [-0.05, 0) is 44.2 Å². The fourth-order valence-electron chi connectivity index (χ4n) is 2.60. The smallest absolute Gasteiger partial charge is 0.426 e. The first-order valence-corrected chi connectivity index (χ1v) is 8.30. The summed E-state index contributed by atoms with van der Waals surface area (Å²) in [5, 5.41) is 24.3. The molecule has 130 valence electrons. The lowest BCUT2D eigenvalue weighted by atomic mass is 9.75. The quantitative estimate of drug-likeness (QED) is 0.555.